The SMILES string of the molecule is CC(Cl)=CCn1c(NN=C(C)c2ccc(O)cc2)nc2c1c(=O)n(C)c(=O)n2C. The third kappa shape index (κ3) is 3.95. The number of phenols is 1. The summed E-state index contributed by atoms with van der Waals surface area (Å²) < 4.78 is 3.97. The van der Waals surface area contributed by atoms with Gasteiger partial charge in [-0.05, 0) is 43.7 Å². The molecule has 0 radical (unpaired) electrons. The highest BCUT2D eigenvalue weighted by atomic mass is 35.5. The van der Waals surface area contributed by atoms with Gasteiger partial charge >= 0.3 is 5.69 Å². The Labute approximate surface area is 171 Å². The molecule has 0 aliphatic heterocycles. The molecular weight excluding hydrogens is 396 g/mol. The van der Waals surface area contributed by atoms with Gasteiger partial charge in [0.2, 0.25) is 5.95 Å². The van der Waals surface area contributed by atoms with Crippen molar-refractivity contribution in [2.75, 3.05) is 5.43 Å². The lowest BCUT2D eigenvalue weighted by Gasteiger charge is -2.08. The first-order valence-corrected chi connectivity index (χ1v) is 9.16. The van der Waals surface area contributed by atoms with Crippen LogP contribution in [-0.2, 0) is 20.6 Å². The average Bonchev–Trinajstić information content (AvgIpc) is 3.06. The van der Waals surface area contributed by atoms with Gasteiger partial charge < -0.3 is 5.11 Å². The van der Waals surface area contributed by atoms with Crippen LogP contribution in [-0.4, -0.2) is 29.5 Å². The molecule has 0 unspecified atom stereocenters. The molecule has 0 aliphatic rings. The molecule has 0 spiro atoms. The van der Waals surface area contributed by atoms with Crippen LogP contribution < -0.4 is 16.7 Å². The Balaban J connectivity index is 2.13. The third-order valence-corrected chi connectivity index (χ3v) is 4.67. The lowest BCUT2D eigenvalue weighted by molar-refractivity contribution is 0.475. The Morgan fingerprint density at radius 1 is 1.21 bits per heavy atom. The largest absolute Gasteiger partial charge is 0.508 e. The number of benzene rings is 1. The summed E-state index contributed by atoms with van der Waals surface area (Å²) in [4.78, 5) is 29.4. The Bertz CT molecular complexity index is 1240. The van der Waals surface area contributed by atoms with Gasteiger partial charge in [0.1, 0.15) is 5.75 Å². The summed E-state index contributed by atoms with van der Waals surface area (Å²) in [7, 11) is 2.98. The van der Waals surface area contributed by atoms with E-state index in [-0.39, 0.29) is 23.5 Å². The molecule has 0 aliphatic carbocycles. The van der Waals surface area contributed by atoms with E-state index in [1.807, 2.05) is 0 Å². The van der Waals surface area contributed by atoms with Crippen molar-refractivity contribution < 1.29 is 5.11 Å². The molecule has 0 saturated heterocycles. The average molecular weight is 417 g/mol. The highest BCUT2D eigenvalue weighted by Gasteiger charge is 2.18. The van der Waals surface area contributed by atoms with Crippen LogP contribution in [0.1, 0.15) is 19.4 Å². The maximum absolute atomic E-state index is 12.7. The molecule has 152 valence electrons. The molecule has 0 atom stereocenters. The van der Waals surface area contributed by atoms with Crippen LogP contribution in [0.25, 0.3) is 11.2 Å². The Hall–Kier alpha value is -3.33. The Morgan fingerprint density at radius 3 is 2.48 bits per heavy atom. The van der Waals surface area contributed by atoms with Crippen molar-refractivity contribution in [3.05, 3.63) is 61.8 Å². The van der Waals surface area contributed by atoms with Crippen molar-refractivity contribution in [3.63, 3.8) is 0 Å². The van der Waals surface area contributed by atoms with Crippen molar-refractivity contribution in [2.45, 2.75) is 20.4 Å². The Kier molecular flexibility index (Phi) is 5.60. The third-order valence-electron chi connectivity index (χ3n) is 4.51. The van der Waals surface area contributed by atoms with E-state index in [4.69, 9.17) is 11.6 Å². The van der Waals surface area contributed by atoms with E-state index in [0.717, 1.165) is 10.1 Å². The van der Waals surface area contributed by atoms with Crippen LogP contribution in [0, 0.1) is 0 Å². The number of halogens is 1. The first-order chi connectivity index (χ1) is 13.7. The Morgan fingerprint density at radius 2 is 1.86 bits per heavy atom. The fraction of sp³-hybridized carbons (Fsp3) is 0.263. The zero-order chi connectivity index (χ0) is 21.3. The van der Waals surface area contributed by atoms with Gasteiger partial charge in [-0.15, -0.1) is 0 Å². The van der Waals surface area contributed by atoms with E-state index in [1.165, 1.54) is 11.6 Å². The summed E-state index contributed by atoms with van der Waals surface area (Å²) in [6.07, 6.45) is 1.73. The minimum absolute atomic E-state index is 0.163. The highest BCUT2D eigenvalue weighted by molar-refractivity contribution is 6.29. The van der Waals surface area contributed by atoms with Crippen LogP contribution in [0.15, 0.2) is 50.1 Å². The topological polar surface area (TPSA) is 106 Å². The van der Waals surface area contributed by atoms with Crippen LogP contribution in [0.2, 0.25) is 0 Å². The lowest BCUT2D eigenvalue weighted by atomic mass is 10.1. The molecule has 3 rings (SSSR count). The quantitative estimate of drug-likeness (QED) is 0.489. The van der Waals surface area contributed by atoms with Gasteiger partial charge in [0.15, 0.2) is 11.2 Å². The van der Waals surface area contributed by atoms with E-state index in [1.54, 1.807) is 55.8 Å². The van der Waals surface area contributed by atoms with Crippen molar-refractivity contribution >= 4 is 34.4 Å². The lowest BCUT2D eigenvalue weighted by Crippen LogP contribution is -2.37. The van der Waals surface area contributed by atoms with E-state index >= 15 is 0 Å². The summed E-state index contributed by atoms with van der Waals surface area (Å²) in [6, 6.07) is 6.60. The van der Waals surface area contributed by atoms with Gasteiger partial charge in [-0.1, -0.05) is 17.7 Å². The highest BCUT2D eigenvalue weighted by Crippen LogP contribution is 2.17. The zero-order valence-corrected chi connectivity index (χ0v) is 17.2. The molecule has 10 heteroatoms. The number of hydrazone groups is 1. The molecule has 0 amide bonds. The first-order valence-electron chi connectivity index (χ1n) is 8.79. The molecule has 29 heavy (non-hydrogen) atoms. The van der Waals surface area contributed by atoms with Crippen LogP contribution >= 0.6 is 11.6 Å². The first kappa shape index (κ1) is 20.4. The summed E-state index contributed by atoms with van der Waals surface area (Å²) >= 11 is 5.97. The molecular formula is C19H21ClN6O3. The van der Waals surface area contributed by atoms with Crippen molar-refractivity contribution in [1.29, 1.82) is 0 Å². The van der Waals surface area contributed by atoms with Crippen molar-refractivity contribution in [1.82, 2.24) is 18.7 Å². The molecule has 2 heterocycles. The van der Waals surface area contributed by atoms with Gasteiger partial charge in [-0.2, -0.15) is 10.1 Å². The number of aromatic nitrogens is 4. The molecule has 0 saturated carbocycles. The number of anilines is 1. The molecule has 1 aromatic carbocycles. The number of imidazole rings is 1. The number of phenolic OH excluding ortho intramolecular Hbond substituents is 1. The number of rotatable bonds is 5. The standard InChI is InChI=1S/C19H21ClN6O3/c1-11(20)9-10-26-15-16(24(3)19(29)25(4)17(15)28)21-18(26)23-22-12(2)13-5-7-14(27)8-6-13/h5-9,27H,10H2,1-4H3,(H,21,23). The fourth-order valence-electron chi connectivity index (χ4n) is 2.83. The minimum Gasteiger partial charge on any atom is -0.508 e. The maximum atomic E-state index is 12.7. The molecule has 0 fully saturated rings. The van der Waals surface area contributed by atoms with Gasteiger partial charge in [-0.3, -0.25) is 18.5 Å². The second-order valence-corrected chi connectivity index (χ2v) is 7.17. The van der Waals surface area contributed by atoms with Crippen molar-refractivity contribution in [3.8, 4) is 5.75 Å². The number of hydrogen-bond donors (Lipinski definition) is 2. The van der Waals surface area contributed by atoms with E-state index in [0.29, 0.717) is 16.7 Å². The summed E-state index contributed by atoms with van der Waals surface area (Å²) in [6.45, 7) is 3.80. The smallest absolute Gasteiger partial charge is 0.332 e. The predicted molar refractivity (Wildman–Crippen MR) is 114 cm³/mol. The summed E-state index contributed by atoms with van der Waals surface area (Å²) in [5.74, 6) is 0.460. The van der Waals surface area contributed by atoms with Gasteiger partial charge in [0.25, 0.3) is 5.56 Å². The zero-order valence-electron chi connectivity index (χ0n) is 16.5. The molecule has 0 bridgehead atoms. The molecule has 9 nitrogen and oxygen atoms in total. The number of aromatic hydroxyl groups is 1. The monoisotopic (exact) mass is 416 g/mol. The predicted octanol–water partition coefficient (Wildman–Crippen LogP) is 2.12. The van der Waals surface area contributed by atoms with Gasteiger partial charge in [0, 0.05) is 25.7 Å². The molecule has 3 aromatic rings. The number of hydrogen-bond acceptors (Lipinski definition) is 6. The summed E-state index contributed by atoms with van der Waals surface area (Å²) in [5.41, 5.74) is 3.92. The van der Waals surface area contributed by atoms with E-state index in [9.17, 15) is 14.7 Å². The second-order valence-electron chi connectivity index (χ2n) is 6.57. The van der Waals surface area contributed by atoms with Crippen LogP contribution in [0.4, 0.5) is 5.95 Å². The number of nitrogens with one attached hydrogen (secondary N) is 1. The van der Waals surface area contributed by atoms with Crippen molar-refractivity contribution in [2.24, 2.45) is 19.2 Å². The number of fused-ring (bicyclic) bond motifs is 1. The normalized spacial score (nSPS) is 12.6. The number of nitrogens with zero attached hydrogens (tertiary/aromatic N) is 5. The van der Waals surface area contributed by atoms with Crippen LogP contribution in [0.5, 0.6) is 5.75 Å². The minimum atomic E-state index is -0.466. The van der Waals surface area contributed by atoms with Gasteiger partial charge in [0.05, 0.1) is 5.71 Å². The molecule has 2 aromatic heterocycles. The fourth-order valence-corrected chi connectivity index (χ4v) is 2.90. The second kappa shape index (κ2) is 7.96. The van der Waals surface area contributed by atoms with E-state index in [2.05, 4.69) is 15.5 Å². The summed E-state index contributed by atoms with van der Waals surface area (Å²) in [5, 5.41) is 14.3. The number of allylic oxidation sites excluding steroid dienone is 2. The van der Waals surface area contributed by atoms with E-state index < -0.39 is 11.2 Å². The van der Waals surface area contributed by atoms with Crippen LogP contribution in [0.3, 0.4) is 0 Å². The van der Waals surface area contributed by atoms with Gasteiger partial charge in [-0.25, -0.2) is 10.2 Å². The molecule has 2 N–H and O–H groups in total. The number of aryl methyl sites for hydroxylation is 1. The maximum Gasteiger partial charge on any atom is 0.332 e.